The van der Waals surface area contributed by atoms with Crippen molar-refractivity contribution >= 4 is 17.7 Å². The third-order valence-corrected chi connectivity index (χ3v) is 5.42. The van der Waals surface area contributed by atoms with Crippen molar-refractivity contribution in [3.63, 3.8) is 0 Å². The minimum atomic E-state index is -0.599. The molecule has 27 heavy (non-hydrogen) atoms. The van der Waals surface area contributed by atoms with Gasteiger partial charge in [0.2, 0.25) is 0 Å². The highest BCUT2D eigenvalue weighted by Gasteiger charge is 2.18. The van der Waals surface area contributed by atoms with Crippen molar-refractivity contribution in [2.75, 3.05) is 32.5 Å². The summed E-state index contributed by atoms with van der Waals surface area (Å²) in [5.41, 5.74) is 2.71. The Hall–Kier alpha value is -2.02. The number of carbonyl (C=O) groups excluding carboxylic acids is 1. The van der Waals surface area contributed by atoms with Crippen LogP contribution in [0.25, 0.3) is 0 Å². The molecule has 6 heteroatoms. The number of para-hydroxylation sites is 1. The summed E-state index contributed by atoms with van der Waals surface area (Å²) in [4.78, 5) is 15.2. The van der Waals surface area contributed by atoms with E-state index in [0.29, 0.717) is 12.3 Å². The third-order valence-electron chi connectivity index (χ3n) is 4.64. The van der Waals surface area contributed by atoms with Gasteiger partial charge in [-0.05, 0) is 35.9 Å². The number of aliphatic hydroxyl groups excluding tert-OH is 1. The zero-order valence-corrected chi connectivity index (χ0v) is 16.4. The molecular weight excluding hydrogens is 360 g/mol. The second kappa shape index (κ2) is 9.78. The van der Waals surface area contributed by atoms with Crippen molar-refractivity contribution in [2.45, 2.75) is 24.0 Å². The molecule has 0 aromatic heterocycles. The number of nitrogens with one attached hydrogen (secondary N) is 1. The van der Waals surface area contributed by atoms with Gasteiger partial charge in [0.05, 0.1) is 6.10 Å². The van der Waals surface area contributed by atoms with E-state index >= 15 is 0 Å². The molecular formula is C21H26N2O3S. The van der Waals surface area contributed by atoms with Crippen LogP contribution in [-0.2, 0) is 17.8 Å². The highest BCUT2D eigenvalue weighted by Crippen LogP contribution is 2.26. The van der Waals surface area contributed by atoms with E-state index in [2.05, 4.69) is 28.4 Å². The number of carbonyl (C=O) groups is 1. The van der Waals surface area contributed by atoms with Gasteiger partial charge in [-0.2, -0.15) is 0 Å². The van der Waals surface area contributed by atoms with Crippen LogP contribution in [0.3, 0.4) is 0 Å². The molecule has 0 aliphatic carbocycles. The predicted octanol–water partition coefficient (Wildman–Crippen LogP) is 2.32. The average Bonchev–Trinajstić information content (AvgIpc) is 2.70. The van der Waals surface area contributed by atoms with E-state index in [1.165, 1.54) is 11.1 Å². The van der Waals surface area contributed by atoms with E-state index in [4.69, 9.17) is 4.74 Å². The Morgan fingerprint density at radius 2 is 1.96 bits per heavy atom. The molecule has 3 rings (SSSR count). The average molecular weight is 387 g/mol. The lowest BCUT2D eigenvalue weighted by molar-refractivity contribution is -0.123. The van der Waals surface area contributed by atoms with Crippen LogP contribution in [0.5, 0.6) is 5.75 Å². The van der Waals surface area contributed by atoms with Gasteiger partial charge in [-0.3, -0.25) is 9.69 Å². The molecule has 0 spiro atoms. The molecule has 5 nitrogen and oxygen atoms in total. The summed E-state index contributed by atoms with van der Waals surface area (Å²) in [6.45, 7) is 2.49. The normalized spacial score (nSPS) is 15.0. The highest BCUT2D eigenvalue weighted by atomic mass is 32.2. The lowest BCUT2D eigenvalue weighted by atomic mass is 10.00. The lowest BCUT2D eigenvalue weighted by Crippen LogP contribution is -2.42. The van der Waals surface area contributed by atoms with Crippen LogP contribution in [0.15, 0.2) is 53.4 Å². The molecule has 0 saturated heterocycles. The fourth-order valence-corrected chi connectivity index (χ4v) is 3.78. The molecule has 1 heterocycles. The molecule has 2 aromatic rings. The molecule has 2 N–H and O–H groups in total. The lowest BCUT2D eigenvalue weighted by Gasteiger charge is -2.30. The number of hydrogen-bond acceptors (Lipinski definition) is 5. The summed E-state index contributed by atoms with van der Waals surface area (Å²) in [6.07, 6.45) is 2.37. The second-order valence-electron chi connectivity index (χ2n) is 6.65. The van der Waals surface area contributed by atoms with Crippen LogP contribution in [0.2, 0.25) is 0 Å². The zero-order chi connectivity index (χ0) is 19.1. The molecule has 1 aliphatic rings. The smallest absolute Gasteiger partial charge is 0.258 e. The zero-order valence-electron chi connectivity index (χ0n) is 15.6. The number of rotatable bonds is 8. The van der Waals surface area contributed by atoms with Gasteiger partial charge in [0.1, 0.15) is 5.75 Å². The summed E-state index contributed by atoms with van der Waals surface area (Å²) in [5.74, 6) is 0.474. The molecule has 1 unspecified atom stereocenters. The standard InChI is InChI=1S/C21H26N2O3S/c1-27-20-9-5-4-8-19(20)26-15-21(25)22-12-18(24)14-23-11-10-16-6-2-3-7-17(16)13-23/h2-9,18,24H,10-15H2,1H3,(H,22,25). The highest BCUT2D eigenvalue weighted by molar-refractivity contribution is 7.98. The molecule has 144 valence electrons. The number of aliphatic hydroxyl groups is 1. The van der Waals surface area contributed by atoms with E-state index < -0.39 is 6.10 Å². The summed E-state index contributed by atoms with van der Waals surface area (Å²) in [7, 11) is 0. The first-order valence-electron chi connectivity index (χ1n) is 9.15. The number of fused-ring (bicyclic) bond motifs is 1. The van der Waals surface area contributed by atoms with Crippen molar-refractivity contribution in [3.05, 3.63) is 59.7 Å². The number of amides is 1. The number of hydrogen-bond donors (Lipinski definition) is 2. The quantitative estimate of drug-likeness (QED) is 0.682. The van der Waals surface area contributed by atoms with Gasteiger partial charge in [0.25, 0.3) is 5.91 Å². The van der Waals surface area contributed by atoms with Crippen LogP contribution < -0.4 is 10.1 Å². The van der Waals surface area contributed by atoms with Crippen molar-refractivity contribution in [1.29, 1.82) is 0 Å². The Morgan fingerprint density at radius 1 is 1.22 bits per heavy atom. The fourth-order valence-electron chi connectivity index (χ4n) is 3.24. The maximum Gasteiger partial charge on any atom is 0.258 e. The summed E-state index contributed by atoms with van der Waals surface area (Å²) >= 11 is 1.58. The topological polar surface area (TPSA) is 61.8 Å². The van der Waals surface area contributed by atoms with E-state index in [1.54, 1.807) is 11.8 Å². The molecule has 1 aliphatic heterocycles. The van der Waals surface area contributed by atoms with Crippen LogP contribution >= 0.6 is 11.8 Å². The van der Waals surface area contributed by atoms with Crippen molar-refractivity contribution in [3.8, 4) is 5.75 Å². The third kappa shape index (κ3) is 5.73. The summed E-state index contributed by atoms with van der Waals surface area (Å²) in [6, 6.07) is 16.0. The Labute approximate surface area is 164 Å². The van der Waals surface area contributed by atoms with Gasteiger partial charge in [-0.1, -0.05) is 36.4 Å². The van der Waals surface area contributed by atoms with E-state index in [0.717, 1.165) is 24.4 Å². The molecule has 0 radical (unpaired) electrons. The van der Waals surface area contributed by atoms with E-state index in [1.807, 2.05) is 36.6 Å². The van der Waals surface area contributed by atoms with Gasteiger partial charge in [-0.25, -0.2) is 0 Å². The molecule has 0 fully saturated rings. The Kier molecular flexibility index (Phi) is 7.15. The number of benzene rings is 2. The fraction of sp³-hybridized carbons (Fsp3) is 0.381. The Balaban J connectivity index is 1.39. The number of ether oxygens (including phenoxy) is 1. The molecule has 2 aromatic carbocycles. The van der Waals surface area contributed by atoms with Crippen molar-refractivity contribution < 1.29 is 14.6 Å². The predicted molar refractivity (Wildman–Crippen MR) is 108 cm³/mol. The Morgan fingerprint density at radius 3 is 2.78 bits per heavy atom. The van der Waals surface area contributed by atoms with Crippen LogP contribution in [0.1, 0.15) is 11.1 Å². The molecule has 1 atom stereocenters. The number of nitrogens with zero attached hydrogens (tertiary/aromatic N) is 1. The van der Waals surface area contributed by atoms with Gasteiger partial charge in [0, 0.05) is 31.1 Å². The summed E-state index contributed by atoms with van der Waals surface area (Å²) in [5, 5.41) is 13.0. The van der Waals surface area contributed by atoms with E-state index in [9.17, 15) is 9.90 Å². The van der Waals surface area contributed by atoms with Gasteiger partial charge < -0.3 is 15.2 Å². The largest absolute Gasteiger partial charge is 0.483 e. The molecule has 0 saturated carbocycles. The molecule has 1 amide bonds. The van der Waals surface area contributed by atoms with Crippen LogP contribution in [0, 0.1) is 0 Å². The van der Waals surface area contributed by atoms with Crippen molar-refractivity contribution in [1.82, 2.24) is 10.2 Å². The van der Waals surface area contributed by atoms with Gasteiger partial charge >= 0.3 is 0 Å². The van der Waals surface area contributed by atoms with Crippen molar-refractivity contribution in [2.24, 2.45) is 0 Å². The first-order valence-corrected chi connectivity index (χ1v) is 10.4. The minimum Gasteiger partial charge on any atom is -0.483 e. The SMILES string of the molecule is CSc1ccccc1OCC(=O)NCC(O)CN1CCc2ccccc2C1. The van der Waals surface area contributed by atoms with Crippen LogP contribution in [0.4, 0.5) is 0 Å². The number of β-amino-alcohol motifs (C(OH)–C–C–N with tert-alkyl or cyclic N) is 1. The Bertz CT molecular complexity index is 769. The second-order valence-corrected chi connectivity index (χ2v) is 7.50. The van der Waals surface area contributed by atoms with Gasteiger partial charge in [0.15, 0.2) is 6.61 Å². The monoisotopic (exact) mass is 386 g/mol. The summed E-state index contributed by atoms with van der Waals surface area (Å²) < 4.78 is 5.59. The first-order chi connectivity index (χ1) is 13.2. The van der Waals surface area contributed by atoms with Gasteiger partial charge in [-0.15, -0.1) is 11.8 Å². The number of thioether (sulfide) groups is 1. The molecule has 0 bridgehead atoms. The van der Waals surface area contributed by atoms with Crippen LogP contribution in [-0.4, -0.2) is 54.5 Å². The maximum absolute atomic E-state index is 12.0. The minimum absolute atomic E-state index is 0.0542. The van der Waals surface area contributed by atoms with E-state index in [-0.39, 0.29) is 19.1 Å². The maximum atomic E-state index is 12.0. The first kappa shape index (κ1) is 19.7.